The van der Waals surface area contributed by atoms with Crippen LogP contribution in [0, 0.1) is 34.8 Å². The highest BCUT2D eigenvalue weighted by molar-refractivity contribution is 5.34. The van der Waals surface area contributed by atoms with Crippen molar-refractivity contribution < 1.29 is 18.6 Å². The van der Waals surface area contributed by atoms with E-state index in [-0.39, 0.29) is 11.2 Å². The van der Waals surface area contributed by atoms with Gasteiger partial charge in [-0.25, -0.2) is 0 Å². The van der Waals surface area contributed by atoms with Gasteiger partial charge in [-0.15, -0.1) is 0 Å². The summed E-state index contributed by atoms with van der Waals surface area (Å²) < 4.78 is 32.8. The maximum atomic E-state index is 13.8. The van der Waals surface area contributed by atoms with Crippen molar-refractivity contribution in [2.75, 3.05) is 6.61 Å². The minimum Gasteiger partial charge on any atom is -0.505 e. The molecule has 114 valence electrons. The molecule has 0 amide bonds. The van der Waals surface area contributed by atoms with Crippen LogP contribution in [-0.2, 0) is 0 Å². The number of hydrogen-bond acceptors (Lipinski definition) is 2. The normalized spacial score (nSPS) is 37.0. The van der Waals surface area contributed by atoms with Crippen molar-refractivity contribution >= 4 is 0 Å². The van der Waals surface area contributed by atoms with E-state index in [0.717, 1.165) is 23.8 Å². The Morgan fingerprint density at radius 3 is 2.14 bits per heavy atom. The fourth-order valence-electron chi connectivity index (χ4n) is 5.33. The Morgan fingerprint density at radius 2 is 1.57 bits per heavy atom. The summed E-state index contributed by atoms with van der Waals surface area (Å²) in [5, 5.41) is 9.15. The number of phenolic OH excluding ortho intramolecular Hbond substituents is 1. The van der Waals surface area contributed by atoms with Gasteiger partial charge >= 0.3 is 0 Å². The van der Waals surface area contributed by atoms with E-state index in [9.17, 15) is 8.78 Å². The first-order valence-corrected chi connectivity index (χ1v) is 7.84. The van der Waals surface area contributed by atoms with Gasteiger partial charge in [0.05, 0.1) is 6.61 Å². The summed E-state index contributed by atoms with van der Waals surface area (Å²) in [5.74, 6) is -0.641. The van der Waals surface area contributed by atoms with Crippen LogP contribution in [0.3, 0.4) is 0 Å². The van der Waals surface area contributed by atoms with Gasteiger partial charge in [0, 0.05) is 5.41 Å². The molecule has 1 aromatic carbocycles. The maximum absolute atomic E-state index is 13.8. The van der Waals surface area contributed by atoms with E-state index in [0.29, 0.717) is 6.61 Å². The molecule has 4 heteroatoms. The molecule has 4 aliphatic rings. The largest absolute Gasteiger partial charge is 0.505 e. The van der Waals surface area contributed by atoms with Gasteiger partial charge in [0.2, 0.25) is 11.6 Å². The summed E-state index contributed by atoms with van der Waals surface area (Å²) in [7, 11) is 0. The van der Waals surface area contributed by atoms with Gasteiger partial charge in [-0.1, -0.05) is 0 Å². The van der Waals surface area contributed by atoms with Gasteiger partial charge in [0.25, 0.3) is 0 Å². The van der Waals surface area contributed by atoms with E-state index in [1.807, 2.05) is 0 Å². The SMILES string of the molecule is Oc1ccc(OCC23CC4CC(CC(C4)C2)C3)c(F)c1F. The topological polar surface area (TPSA) is 29.5 Å². The molecule has 2 nitrogen and oxygen atoms in total. The van der Waals surface area contributed by atoms with Crippen LogP contribution in [-0.4, -0.2) is 11.7 Å². The number of phenols is 1. The molecule has 0 radical (unpaired) electrons. The van der Waals surface area contributed by atoms with Crippen LogP contribution in [0.5, 0.6) is 11.5 Å². The minimum atomic E-state index is -1.22. The molecule has 5 rings (SSSR count). The van der Waals surface area contributed by atoms with E-state index < -0.39 is 17.4 Å². The lowest BCUT2D eigenvalue weighted by atomic mass is 9.50. The van der Waals surface area contributed by atoms with Crippen molar-refractivity contribution in [3.8, 4) is 11.5 Å². The van der Waals surface area contributed by atoms with Crippen LogP contribution in [0.25, 0.3) is 0 Å². The molecule has 1 N–H and O–H groups in total. The Labute approximate surface area is 123 Å². The molecule has 0 aromatic heterocycles. The number of benzene rings is 1. The average Bonchev–Trinajstić information content (AvgIpc) is 2.42. The summed E-state index contributed by atoms with van der Waals surface area (Å²) in [6.45, 7) is 0.470. The number of aromatic hydroxyl groups is 1. The van der Waals surface area contributed by atoms with E-state index in [2.05, 4.69) is 0 Å². The zero-order chi connectivity index (χ0) is 14.6. The lowest BCUT2D eigenvalue weighted by Gasteiger charge is -2.56. The second-order valence-corrected chi connectivity index (χ2v) is 7.42. The van der Waals surface area contributed by atoms with Gasteiger partial charge in [0.1, 0.15) is 0 Å². The Balaban J connectivity index is 1.51. The van der Waals surface area contributed by atoms with Crippen molar-refractivity contribution in [2.45, 2.75) is 38.5 Å². The van der Waals surface area contributed by atoms with Crippen LogP contribution < -0.4 is 4.74 Å². The molecule has 4 aliphatic carbocycles. The number of hydrogen-bond donors (Lipinski definition) is 1. The van der Waals surface area contributed by atoms with Crippen LogP contribution in [0.2, 0.25) is 0 Å². The maximum Gasteiger partial charge on any atom is 0.204 e. The van der Waals surface area contributed by atoms with Crippen molar-refractivity contribution in [1.29, 1.82) is 0 Å². The summed E-state index contributed by atoms with van der Waals surface area (Å²) in [6, 6.07) is 2.46. The Morgan fingerprint density at radius 1 is 1.00 bits per heavy atom. The Hall–Kier alpha value is -1.32. The molecular weight excluding hydrogens is 274 g/mol. The molecule has 21 heavy (non-hydrogen) atoms. The number of halogens is 2. The molecule has 1 aromatic rings. The quantitative estimate of drug-likeness (QED) is 0.902. The van der Waals surface area contributed by atoms with Crippen molar-refractivity contribution in [3.63, 3.8) is 0 Å². The van der Waals surface area contributed by atoms with Gasteiger partial charge in [-0.05, 0) is 68.4 Å². The third-order valence-corrected chi connectivity index (χ3v) is 5.73. The highest BCUT2D eigenvalue weighted by Crippen LogP contribution is 2.60. The molecule has 0 unspecified atom stereocenters. The van der Waals surface area contributed by atoms with Crippen LogP contribution >= 0.6 is 0 Å². The molecule has 4 bridgehead atoms. The molecule has 0 heterocycles. The van der Waals surface area contributed by atoms with Gasteiger partial charge in [0.15, 0.2) is 11.5 Å². The molecule has 4 fully saturated rings. The van der Waals surface area contributed by atoms with Crippen molar-refractivity contribution in [3.05, 3.63) is 23.8 Å². The van der Waals surface area contributed by atoms with Crippen molar-refractivity contribution in [2.24, 2.45) is 23.2 Å². The third-order valence-electron chi connectivity index (χ3n) is 5.73. The standard InChI is InChI=1S/C17H20F2O2/c18-15-13(20)1-2-14(16(15)19)21-9-17-6-10-3-11(7-17)5-12(4-10)8-17/h1-2,10-12,20H,3-9H2. The second kappa shape index (κ2) is 4.59. The Bertz CT molecular complexity index is 535. The second-order valence-electron chi connectivity index (χ2n) is 7.42. The summed E-state index contributed by atoms with van der Waals surface area (Å²) in [4.78, 5) is 0. The number of ether oxygens (including phenoxy) is 1. The fraction of sp³-hybridized carbons (Fsp3) is 0.647. The summed E-state index contributed by atoms with van der Waals surface area (Å²) >= 11 is 0. The molecule has 0 aliphatic heterocycles. The first-order chi connectivity index (χ1) is 10.0. The van der Waals surface area contributed by atoms with Crippen molar-refractivity contribution in [1.82, 2.24) is 0 Å². The van der Waals surface area contributed by atoms with Gasteiger partial charge < -0.3 is 9.84 Å². The monoisotopic (exact) mass is 294 g/mol. The van der Waals surface area contributed by atoms with E-state index >= 15 is 0 Å². The molecule has 0 saturated heterocycles. The van der Waals surface area contributed by atoms with Crippen LogP contribution in [0.1, 0.15) is 38.5 Å². The summed E-state index contributed by atoms with van der Waals surface area (Å²) in [5.41, 5.74) is 0.162. The minimum absolute atomic E-state index is 0.0824. The predicted molar refractivity (Wildman–Crippen MR) is 74.1 cm³/mol. The number of rotatable bonds is 3. The van der Waals surface area contributed by atoms with E-state index in [1.54, 1.807) is 0 Å². The first kappa shape index (κ1) is 13.4. The Kier molecular flexibility index (Phi) is 2.92. The van der Waals surface area contributed by atoms with E-state index in [1.165, 1.54) is 44.6 Å². The molecular formula is C17H20F2O2. The third kappa shape index (κ3) is 2.19. The van der Waals surface area contributed by atoms with Gasteiger partial charge in [-0.2, -0.15) is 8.78 Å². The zero-order valence-corrected chi connectivity index (χ0v) is 11.9. The first-order valence-electron chi connectivity index (χ1n) is 7.84. The lowest BCUT2D eigenvalue weighted by molar-refractivity contribution is -0.0750. The molecule has 4 saturated carbocycles. The zero-order valence-electron chi connectivity index (χ0n) is 11.9. The average molecular weight is 294 g/mol. The van der Waals surface area contributed by atoms with Gasteiger partial charge in [-0.3, -0.25) is 0 Å². The smallest absolute Gasteiger partial charge is 0.204 e. The van der Waals surface area contributed by atoms with Crippen LogP contribution in [0.15, 0.2) is 12.1 Å². The molecule has 0 spiro atoms. The van der Waals surface area contributed by atoms with Crippen LogP contribution in [0.4, 0.5) is 8.78 Å². The fourth-order valence-corrected chi connectivity index (χ4v) is 5.33. The highest BCUT2D eigenvalue weighted by atomic mass is 19.2. The summed E-state index contributed by atoms with van der Waals surface area (Å²) in [6.07, 6.45) is 7.55. The molecule has 0 atom stereocenters. The highest BCUT2D eigenvalue weighted by Gasteiger charge is 2.51. The van der Waals surface area contributed by atoms with E-state index in [4.69, 9.17) is 9.84 Å². The predicted octanol–water partition coefficient (Wildman–Crippen LogP) is 4.27. The lowest BCUT2D eigenvalue weighted by Crippen LogP contribution is -2.48.